The lowest BCUT2D eigenvalue weighted by atomic mass is 9.62. The number of anilines is 2. The second kappa shape index (κ2) is 17.8. The van der Waals surface area contributed by atoms with E-state index < -0.39 is 0 Å². The van der Waals surface area contributed by atoms with Gasteiger partial charge < -0.3 is 4.90 Å². The standard InChI is InChI=1S/C69H65N/c1-6-46(2)54-26-13-14-28-56(54)59-45-50(37-36-47(59)3)55-27-17-20-34-65(55)70(66-35-21-33-64-67(66)58-30-16-18-31-61(58)68(64,4)5)53-41-38-48(39-42-53)49-40-43-63-60(44-49)57-29-15-19-32-62(57)69(63,51-22-9-7-10-23-51)52-24-11-8-12-25-52/h7-13,15-17,19-24,26-27,29-30,32-41,43-46,52-53H,6,14,18,25,28,31,42H2,1-5H3. The van der Waals surface area contributed by atoms with Crippen LogP contribution in [0.4, 0.5) is 11.4 Å². The van der Waals surface area contributed by atoms with Gasteiger partial charge in [-0.15, -0.1) is 0 Å². The molecule has 0 N–H and O–H groups in total. The van der Waals surface area contributed by atoms with Gasteiger partial charge in [-0.05, 0) is 166 Å². The molecular formula is C69H65N. The van der Waals surface area contributed by atoms with Crippen LogP contribution >= 0.6 is 0 Å². The maximum absolute atomic E-state index is 2.71. The first-order valence-electron chi connectivity index (χ1n) is 26.2. The summed E-state index contributed by atoms with van der Waals surface area (Å²) < 4.78 is 0. The van der Waals surface area contributed by atoms with Crippen molar-refractivity contribution in [3.63, 3.8) is 0 Å². The predicted molar refractivity (Wildman–Crippen MR) is 298 cm³/mol. The van der Waals surface area contributed by atoms with Crippen molar-refractivity contribution in [1.82, 2.24) is 0 Å². The Morgan fingerprint density at radius 2 is 1.34 bits per heavy atom. The lowest BCUT2D eigenvalue weighted by Crippen LogP contribution is -2.35. The maximum Gasteiger partial charge on any atom is 0.0560 e. The second-order valence-corrected chi connectivity index (χ2v) is 21.2. The van der Waals surface area contributed by atoms with Gasteiger partial charge >= 0.3 is 0 Å². The number of benzene rings is 6. The lowest BCUT2D eigenvalue weighted by Gasteiger charge is -2.39. The van der Waals surface area contributed by atoms with E-state index in [0.29, 0.717) is 11.8 Å². The monoisotopic (exact) mass is 908 g/mol. The van der Waals surface area contributed by atoms with Crippen LogP contribution in [0, 0.1) is 18.8 Å². The Hall–Kier alpha value is -6.96. The van der Waals surface area contributed by atoms with E-state index in [9.17, 15) is 0 Å². The highest BCUT2D eigenvalue weighted by atomic mass is 15.2. The second-order valence-electron chi connectivity index (χ2n) is 21.2. The minimum Gasteiger partial charge on any atom is -0.333 e. The van der Waals surface area contributed by atoms with Gasteiger partial charge in [0.05, 0.1) is 11.5 Å². The molecule has 1 nitrogen and oxygen atoms in total. The first-order chi connectivity index (χ1) is 34.3. The number of para-hydroxylation sites is 1. The molecule has 0 bridgehead atoms. The molecule has 0 aromatic heterocycles. The molecule has 0 aliphatic heterocycles. The van der Waals surface area contributed by atoms with Gasteiger partial charge in [0.25, 0.3) is 0 Å². The molecule has 1 heteroatoms. The molecule has 6 aromatic rings. The van der Waals surface area contributed by atoms with E-state index in [1.807, 2.05) is 0 Å². The topological polar surface area (TPSA) is 3.24 Å². The van der Waals surface area contributed by atoms with Crippen molar-refractivity contribution in [3.8, 4) is 22.3 Å². The molecule has 6 aromatic carbocycles. The summed E-state index contributed by atoms with van der Waals surface area (Å²) in [6.07, 6.45) is 33.8. The van der Waals surface area contributed by atoms with E-state index in [1.165, 1.54) is 100 Å². The van der Waals surface area contributed by atoms with E-state index >= 15 is 0 Å². The highest BCUT2D eigenvalue weighted by Gasteiger charge is 2.49. The van der Waals surface area contributed by atoms with Crippen LogP contribution in [0.1, 0.15) is 117 Å². The van der Waals surface area contributed by atoms with Gasteiger partial charge in [-0.25, -0.2) is 0 Å². The van der Waals surface area contributed by atoms with Crippen molar-refractivity contribution < 1.29 is 0 Å². The molecule has 0 heterocycles. The van der Waals surface area contributed by atoms with Gasteiger partial charge in [0.1, 0.15) is 0 Å². The molecule has 4 atom stereocenters. The smallest absolute Gasteiger partial charge is 0.0560 e. The zero-order chi connectivity index (χ0) is 47.6. The molecule has 0 amide bonds. The Kier molecular flexibility index (Phi) is 11.2. The fourth-order valence-electron chi connectivity index (χ4n) is 13.5. The summed E-state index contributed by atoms with van der Waals surface area (Å²) in [4.78, 5) is 2.71. The van der Waals surface area contributed by atoms with E-state index in [1.54, 1.807) is 5.57 Å². The number of fused-ring (bicyclic) bond motifs is 5. The fourth-order valence-corrected chi connectivity index (χ4v) is 13.5. The average Bonchev–Trinajstić information content (AvgIpc) is 3.85. The number of rotatable bonds is 10. The number of aryl methyl sites for hydroxylation is 1. The molecule has 6 aliphatic carbocycles. The summed E-state index contributed by atoms with van der Waals surface area (Å²) in [6.45, 7) is 11.9. The Balaban J connectivity index is 0.976. The number of allylic oxidation sites excluding steroid dienone is 14. The molecule has 70 heavy (non-hydrogen) atoms. The van der Waals surface area contributed by atoms with E-state index in [-0.39, 0.29) is 16.9 Å². The molecule has 4 unspecified atom stereocenters. The summed E-state index contributed by atoms with van der Waals surface area (Å²) in [7, 11) is 0. The van der Waals surface area contributed by atoms with Crippen molar-refractivity contribution in [2.45, 2.75) is 96.4 Å². The Labute approximate surface area is 417 Å². The van der Waals surface area contributed by atoms with Crippen LogP contribution in [-0.2, 0) is 10.8 Å². The van der Waals surface area contributed by atoms with Crippen LogP contribution in [0.5, 0.6) is 0 Å². The molecule has 0 saturated heterocycles. The molecule has 0 spiro atoms. The quantitative estimate of drug-likeness (QED) is 0.132. The Bertz CT molecular complexity index is 3320. The first-order valence-corrected chi connectivity index (χ1v) is 26.2. The largest absolute Gasteiger partial charge is 0.333 e. The summed E-state index contributed by atoms with van der Waals surface area (Å²) in [5.41, 5.74) is 25.9. The van der Waals surface area contributed by atoms with Gasteiger partial charge in [0, 0.05) is 27.9 Å². The zero-order valence-electron chi connectivity index (χ0n) is 41.7. The molecular weight excluding hydrogens is 843 g/mol. The highest BCUT2D eigenvalue weighted by molar-refractivity contribution is 5.97. The van der Waals surface area contributed by atoms with Crippen LogP contribution in [0.3, 0.4) is 0 Å². The van der Waals surface area contributed by atoms with Gasteiger partial charge in [-0.1, -0.05) is 209 Å². The molecule has 6 aliphatic rings. The van der Waals surface area contributed by atoms with Gasteiger partial charge in [0.15, 0.2) is 0 Å². The lowest BCUT2D eigenvalue weighted by molar-refractivity contribution is 0.457. The number of nitrogens with zero attached hydrogens (tertiary/aromatic N) is 1. The average molecular weight is 908 g/mol. The van der Waals surface area contributed by atoms with Crippen molar-refractivity contribution >= 4 is 28.1 Å². The minimum atomic E-state index is -0.269. The third-order valence-corrected chi connectivity index (χ3v) is 17.2. The summed E-state index contributed by atoms with van der Waals surface area (Å²) in [5.74, 6) is 0.839. The minimum absolute atomic E-state index is 0.0261. The Morgan fingerprint density at radius 1 is 0.614 bits per heavy atom. The summed E-state index contributed by atoms with van der Waals surface area (Å²) in [5, 5.41) is 0. The summed E-state index contributed by atoms with van der Waals surface area (Å²) >= 11 is 0. The van der Waals surface area contributed by atoms with Crippen LogP contribution in [0.25, 0.3) is 39.0 Å². The SMILES string of the molecule is CCC(C)C1=C(c2cc(-c3ccccc3N(c3cccc4c3C3=C(CCC=C3)C4(C)C)C3C=CC(c4ccc5c(c4)-c4ccccc4C5(c4ccccc4)C4C=CC=CC4)=CC3)ccc2C)CCC=C1. The molecule has 0 radical (unpaired) electrons. The number of hydrogen-bond donors (Lipinski definition) is 0. The number of hydrogen-bond acceptors (Lipinski definition) is 1. The predicted octanol–water partition coefficient (Wildman–Crippen LogP) is 18.2. The first kappa shape index (κ1) is 44.3. The molecule has 12 rings (SSSR count). The van der Waals surface area contributed by atoms with E-state index in [2.05, 4.69) is 240 Å². The fraction of sp³-hybridized carbons (Fsp3) is 0.246. The van der Waals surface area contributed by atoms with Crippen LogP contribution in [-0.4, -0.2) is 6.04 Å². The zero-order valence-corrected chi connectivity index (χ0v) is 41.7. The molecule has 346 valence electrons. The van der Waals surface area contributed by atoms with Crippen molar-refractivity contribution in [3.05, 3.63) is 256 Å². The van der Waals surface area contributed by atoms with Crippen molar-refractivity contribution in [1.29, 1.82) is 0 Å². The highest BCUT2D eigenvalue weighted by Crippen LogP contribution is 2.59. The summed E-state index contributed by atoms with van der Waals surface area (Å²) in [6, 6.07) is 51.6. The van der Waals surface area contributed by atoms with Crippen LogP contribution in [0.15, 0.2) is 211 Å². The van der Waals surface area contributed by atoms with Crippen molar-refractivity contribution in [2.75, 3.05) is 4.90 Å². The van der Waals surface area contributed by atoms with Crippen molar-refractivity contribution in [2.24, 2.45) is 11.8 Å². The van der Waals surface area contributed by atoms with Gasteiger partial charge in [-0.3, -0.25) is 0 Å². The molecule has 0 saturated carbocycles. The molecule has 0 fully saturated rings. The maximum atomic E-state index is 2.71. The third-order valence-electron chi connectivity index (χ3n) is 17.2. The van der Waals surface area contributed by atoms with E-state index in [0.717, 1.165) is 44.9 Å². The normalized spacial score (nSPS) is 21.9. The van der Waals surface area contributed by atoms with Crippen LogP contribution in [0.2, 0.25) is 0 Å². The Morgan fingerprint density at radius 3 is 2.16 bits per heavy atom. The third kappa shape index (κ3) is 7.02. The van der Waals surface area contributed by atoms with Crippen LogP contribution < -0.4 is 4.90 Å². The van der Waals surface area contributed by atoms with E-state index in [4.69, 9.17) is 0 Å². The van der Waals surface area contributed by atoms with Gasteiger partial charge in [0.2, 0.25) is 0 Å². The van der Waals surface area contributed by atoms with Gasteiger partial charge in [-0.2, -0.15) is 0 Å².